The van der Waals surface area contributed by atoms with Crippen LogP contribution in [-0.2, 0) is 4.79 Å². The first-order valence-electron chi connectivity index (χ1n) is 8.23. The van der Waals surface area contributed by atoms with Crippen molar-refractivity contribution < 1.29 is 4.79 Å². The van der Waals surface area contributed by atoms with Crippen molar-refractivity contribution in [1.29, 1.82) is 0 Å². The van der Waals surface area contributed by atoms with Crippen LogP contribution in [0.5, 0.6) is 0 Å². The van der Waals surface area contributed by atoms with Gasteiger partial charge in [-0.2, -0.15) is 0 Å². The SMILES string of the molecule is CC1=C(C(=O)N(C)C)C(c2cccc(Br)c2)NC(=S)N1c1ccccc1. The lowest BCUT2D eigenvalue weighted by Crippen LogP contribution is -2.49. The van der Waals surface area contributed by atoms with Crippen molar-refractivity contribution in [2.75, 3.05) is 19.0 Å². The van der Waals surface area contributed by atoms with Crippen molar-refractivity contribution in [2.24, 2.45) is 0 Å². The third kappa shape index (κ3) is 3.52. The van der Waals surface area contributed by atoms with Gasteiger partial charge < -0.3 is 10.2 Å². The van der Waals surface area contributed by atoms with E-state index in [-0.39, 0.29) is 11.9 Å². The average Bonchev–Trinajstić information content (AvgIpc) is 2.61. The van der Waals surface area contributed by atoms with Crippen LogP contribution in [0.2, 0.25) is 0 Å². The number of rotatable bonds is 3. The summed E-state index contributed by atoms with van der Waals surface area (Å²) >= 11 is 9.16. The van der Waals surface area contributed by atoms with Crippen molar-refractivity contribution in [3.05, 3.63) is 75.9 Å². The van der Waals surface area contributed by atoms with Gasteiger partial charge in [0.05, 0.1) is 11.6 Å². The van der Waals surface area contributed by atoms with E-state index in [0.717, 1.165) is 21.4 Å². The van der Waals surface area contributed by atoms with Gasteiger partial charge in [-0.25, -0.2) is 0 Å². The molecule has 1 heterocycles. The van der Waals surface area contributed by atoms with Crippen LogP contribution in [0.15, 0.2) is 70.3 Å². The molecule has 0 saturated heterocycles. The molecule has 0 saturated carbocycles. The molecule has 0 bridgehead atoms. The summed E-state index contributed by atoms with van der Waals surface area (Å²) < 4.78 is 0.961. The van der Waals surface area contributed by atoms with E-state index in [1.54, 1.807) is 19.0 Å². The van der Waals surface area contributed by atoms with E-state index in [2.05, 4.69) is 21.2 Å². The zero-order chi connectivity index (χ0) is 18.8. The van der Waals surface area contributed by atoms with Gasteiger partial charge in [0.25, 0.3) is 5.91 Å². The molecule has 2 aromatic rings. The highest BCUT2D eigenvalue weighted by Crippen LogP contribution is 2.34. The van der Waals surface area contributed by atoms with Gasteiger partial charge in [-0.3, -0.25) is 9.69 Å². The fourth-order valence-corrected chi connectivity index (χ4v) is 3.86. The zero-order valence-electron chi connectivity index (χ0n) is 14.9. The number of carbonyl (C=O) groups is 1. The molecule has 1 amide bonds. The first kappa shape index (κ1) is 18.6. The lowest BCUT2D eigenvalue weighted by atomic mass is 9.94. The molecule has 0 fully saturated rings. The van der Waals surface area contributed by atoms with Crippen LogP contribution < -0.4 is 10.2 Å². The quantitative estimate of drug-likeness (QED) is 0.739. The molecule has 0 radical (unpaired) electrons. The Morgan fingerprint density at radius 3 is 2.46 bits per heavy atom. The summed E-state index contributed by atoms with van der Waals surface area (Å²) in [5.74, 6) is -0.0385. The Bertz CT molecular complexity index is 880. The molecule has 1 atom stereocenters. The minimum absolute atomic E-state index is 0.0385. The molecule has 134 valence electrons. The van der Waals surface area contributed by atoms with E-state index in [1.807, 2.05) is 66.4 Å². The van der Waals surface area contributed by atoms with E-state index >= 15 is 0 Å². The molecule has 0 aliphatic carbocycles. The molecule has 0 aromatic heterocycles. The summed E-state index contributed by atoms with van der Waals surface area (Å²) in [4.78, 5) is 16.5. The largest absolute Gasteiger partial charge is 0.351 e. The second-order valence-electron chi connectivity index (χ2n) is 6.31. The molecular formula is C20H20BrN3OS. The highest BCUT2D eigenvalue weighted by atomic mass is 79.9. The van der Waals surface area contributed by atoms with Crippen molar-refractivity contribution in [1.82, 2.24) is 10.2 Å². The zero-order valence-corrected chi connectivity index (χ0v) is 17.3. The molecule has 3 rings (SSSR count). The average molecular weight is 430 g/mol. The number of carbonyl (C=O) groups excluding carboxylic acids is 1. The van der Waals surface area contributed by atoms with Gasteiger partial charge in [0.1, 0.15) is 0 Å². The maximum Gasteiger partial charge on any atom is 0.253 e. The fourth-order valence-electron chi connectivity index (χ4n) is 3.09. The Kier molecular flexibility index (Phi) is 5.44. The lowest BCUT2D eigenvalue weighted by Gasteiger charge is -2.38. The van der Waals surface area contributed by atoms with E-state index in [1.165, 1.54) is 0 Å². The van der Waals surface area contributed by atoms with E-state index in [4.69, 9.17) is 12.2 Å². The molecule has 6 heteroatoms. The topological polar surface area (TPSA) is 35.6 Å². The van der Waals surface area contributed by atoms with Gasteiger partial charge in [0.15, 0.2) is 5.11 Å². The lowest BCUT2D eigenvalue weighted by molar-refractivity contribution is -0.125. The highest BCUT2D eigenvalue weighted by Gasteiger charge is 2.35. The number of amides is 1. The molecule has 26 heavy (non-hydrogen) atoms. The van der Waals surface area contributed by atoms with Gasteiger partial charge in [-0.05, 0) is 49.0 Å². The van der Waals surface area contributed by atoms with E-state index < -0.39 is 0 Å². The predicted octanol–water partition coefficient (Wildman–Crippen LogP) is 4.25. The monoisotopic (exact) mass is 429 g/mol. The van der Waals surface area contributed by atoms with Crippen LogP contribution in [0, 0.1) is 0 Å². The smallest absolute Gasteiger partial charge is 0.253 e. The minimum atomic E-state index is -0.296. The van der Waals surface area contributed by atoms with Crippen molar-refractivity contribution >= 4 is 44.9 Å². The second kappa shape index (κ2) is 7.60. The summed E-state index contributed by atoms with van der Waals surface area (Å²) in [7, 11) is 3.53. The first-order valence-corrected chi connectivity index (χ1v) is 9.44. The van der Waals surface area contributed by atoms with E-state index in [9.17, 15) is 4.79 Å². The Morgan fingerprint density at radius 1 is 1.15 bits per heavy atom. The molecule has 1 aliphatic rings. The summed E-state index contributed by atoms with van der Waals surface area (Å²) in [6.45, 7) is 1.95. The molecule has 4 nitrogen and oxygen atoms in total. The third-order valence-corrected chi connectivity index (χ3v) is 5.11. The summed E-state index contributed by atoms with van der Waals surface area (Å²) in [5.41, 5.74) is 3.44. The van der Waals surface area contributed by atoms with Crippen molar-refractivity contribution in [2.45, 2.75) is 13.0 Å². The number of nitrogens with zero attached hydrogens (tertiary/aromatic N) is 2. The Morgan fingerprint density at radius 2 is 1.85 bits per heavy atom. The summed E-state index contributed by atoms with van der Waals surface area (Å²) in [6.07, 6.45) is 0. The number of thiocarbonyl (C=S) groups is 1. The molecule has 0 spiro atoms. The maximum atomic E-state index is 13.0. The first-order chi connectivity index (χ1) is 12.4. The number of anilines is 1. The predicted molar refractivity (Wildman–Crippen MR) is 113 cm³/mol. The van der Waals surface area contributed by atoms with Crippen molar-refractivity contribution in [3.8, 4) is 0 Å². The number of halogens is 1. The highest BCUT2D eigenvalue weighted by molar-refractivity contribution is 9.10. The molecule has 1 aliphatic heterocycles. The van der Waals surface area contributed by atoms with Crippen LogP contribution in [0.25, 0.3) is 0 Å². The number of para-hydroxylation sites is 1. The number of hydrogen-bond acceptors (Lipinski definition) is 2. The standard InChI is InChI=1S/C20H20BrN3OS/c1-13-17(19(25)23(2)3)18(14-8-7-9-15(21)12-14)22-20(26)24(13)16-10-5-4-6-11-16/h4-12,18H,1-3H3,(H,22,26). The Labute approximate surface area is 167 Å². The van der Waals surface area contributed by atoms with Crippen LogP contribution >= 0.6 is 28.1 Å². The minimum Gasteiger partial charge on any atom is -0.351 e. The van der Waals surface area contributed by atoms with E-state index in [0.29, 0.717) is 10.7 Å². The maximum absolute atomic E-state index is 13.0. The number of hydrogen-bond donors (Lipinski definition) is 1. The van der Waals surface area contributed by atoms with Gasteiger partial charge in [0, 0.05) is 30.0 Å². The summed E-state index contributed by atoms with van der Waals surface area (Å²) in [6, 6.07) is 17.5. The van der Waals surface area contributed by atoms with Gasteiger partial charge >= 0.3 is 0 Å². The number of allylic oxidation sites excluding steroid dienone is 1. The van der Waals surface area contributed by atoms with Gasteiger partial charge in [-0.1, -0.05) is 46.3 Å². The van der Waals surface area contributed by atoms with Crippen LogP contribution in [0.1, 0.15) is 18.5 Å². The molecule has 1 N–H and O–H groups in total. The van der Waals surface area contributed by atoms with Crippen LogP contribution in [0.4, 0.5) is 5.69 Å². The fraction of sp³-hybridized carbons (Fsp3) is 0.200. The van der Waals surface area contributed by atoms with Gasteiger partial charge in [-0.15, -0.1) is 0 Å². The number of benzene rings is 2. The third-order valence-electron chi connectivity index (χ3n) is 4.32. The van der Waals surface area contributed by atoms with Crippen LogP contribution in [0.3, 0.4) is 0 Å². The Hall–Kier alpha value is -2.18. The van der Waals surface area contributed by atoms with Crippen LogP contribution in [-0.4, -0.2) is 30.0 Å². The normalized spacial score (nSPS) is 17.2. The number of likely N-dealkylation sites (N-methyl/N-ethyl adjacent to an activating group) is 1. The second-order valence-corrected chi connectivity index (χ2v) is 7.61. The Balaban J connectivity index is 2.17. The molecule has 1 unspecified atom stereocenters. The summed E-state index contributed by atoms with van der Waals surface area (Å²) in [5, 5.41) is 3.93. The molecular weight excluding hydrogens is 410 g/mol. The van der Waals surface area contributed by atoms with Crippen molar-refractivity contribution in [3.63, 3.8) is 0 Å². The molecule has 2 aromatic carbocycles. The number of nitrogens with one attached hydrogen (secondary N) is 1. The van der Waals surface area contributed by atoms with Gasteiger partial charge in [0.2, 0.25) is 0 Å².